The largest absolute Gasteiger partial charge is 0.497 e. The summed E-state index contributed by atoms with van der Waals surface area (Å²) < 4.78 is 20.3. The minimum atomic E-state index is -1.11. The van der Waals surface area contributed by atoms with Crippen LogP contribution in [0.3, 0.4) is 0 Å². The molecule has 162 valence electrons. The van der Waals surface area contributed by atoms with Crippen LogP contribution in [-0.2, 0) is 21.2 Å². The lowest BCUT2D eigenvalue weighted by Crippen LogP contribution is -2.35. The maximum Gasteiger partial charge on any atom is 0.237 e. The number of aromatic nitrogens is 2. The van der Waals surface area contributed by atoms with Crippen LogP contribution in [0.25, 0.3) is 11.1 Å². The zero-order valence-electron chi connectivity index (χ0n) is 17.5. The fraction of sp³-hybridized carbons (Fsp3) is 0.318. The summed E-state index contributed by atoms with van der Waals surface area (Å²) in [5, 5.41) is 5.48. The molecule has 3 aromatic rings. The first-order chi connectivity index (χ1) is 14.9. The molecule has 0 radical (unpaired) electrons. The summed E-state index contributed by atoms with van der Waals surface area (Å²) in [4.78, 5) is 21.8. The lowest BCUT2D eigenvalue weighted by atomic mass is 9.89. The molecule has 31 heavy (non-hydrogen) atoms. The third-order valence-corrected chi connectivity index (χ3v) is 7.49. The number of rotatable bonds is 8. The van der Waals surface area contributed by atoms with Crippen molar-refractivity contribution in [3.05, 3.63) is 53.7 Å². The molecular weight excluding hydrogens is 432 g/mol. The highest BCUT2D eigenvalue weighted by Crippen LogP contribution is 2.31. The van der Waals surface area contributed by atoms with E-state index in [0.29, 0.717) is 16.6 Å². The van der Waals surface area contributed by atoms with Gasteiger partial charge < -0.3 is 10.1 Å². The van der Waals surface area contributed by atoms with Crippen molar-refractivity contribution in [1.29, 1.82) is 0 Å². The normalized spacial score (nSPS) is 14.7. The Labute approximate surface area is 187 Å². The molecule has 0 aliphatic heterocycles. The number of hydrogen-bond donors (Lipinski definition) is 2. The van der Waals surface area contributed by atoms with Crippen molar-refractivity contribution in [2.24, 2.45) is 0 Å². The number of carbonyl (C=O) groups is 1. The van der Waals surface area contributed by atoms with Crippen LogP contribution >= 0.6 is 11.3 Å². The molecule has 4 rings (SSSR count). The molecule has 1 aromatic carbocycles. The summed E-state index contributed by atoms with van der Waals surface area (Å²) in [7, 11) is 0.522. The van der Waals surface area contributed by atoms with E-state index in [1.165, 1.54) is 11.3 Å². The van der Waals surface area contributed by atoms with Gasteiger partial charge in [-0.05, 0) is 56.5 Å². The number of hydrogen-bond acceptors (Lipinski definition) is 6. The van der Waals surface area contributed by atoms with Gasteiger partial charge >= 0.3 is 0 Å². The van der Waals surface area contributed by atoms with Crippen molar-refractivity contribution >= 4 is 39.2 Å². The molecule has 1 aliphatic carbocycles. The number of methoxy groups -OCH3 is 1. The number of anilines is 2. The number of carbonyl (C=O) groups excluding carboxylic acids is 1. The highest BCUT2D eigenvalue weighted by atomic mass is 32.2. The van der Waals surface area contributed by atoms with Crippen molar-refractivity contribution in [2.45, 2.75) is 37.4 Å². The summed E-state index contributed by atoms with van der Waals surface area (Å²) in [6, 6.07) is 11.4. The molecule has 1 amide bonds. The van der Waals surface area contributed by atoms with E-state index in [0.717, 1.165) is 29.7 Å². The molecule has 7 nitrogen and oxygen atoms in total. The van der Waals surface area contributed by atoms with E-state index in [1.54, 1.807) is 19.4 Å². The minimum Gasteiger partial charge on any atom is -0.497 e. The van der Waals surface area contributed by atoms with Gasteiger partial charge in [0.15, 0.2) is 5.13 Å². The second kappa shape index (κ2) is 8.76. The SMILES string of the molecule is COc1cccc(-c2ccc(NC(=O)C(C)(C)c3csc(NS(=O)C4CC4)n3)nc2)c1. The molecule has 1 saturated carbocycles. The predicted octanol–water partition coefficient (Wildman–Crippen LogP) is 4.37. The Bertz CT molecular complexity index is 1110. The van der Waals surface area contributed by atoms with E-state index in [-0.39, 0.29) is 11.2 Å². The van der Waals surface area contributed by atoms with Crippen LogP contribution in [0.5, 0.6) is 5.75 Å². The third-order valence-electron chi connectivity index (χ3n) is 5.14. The lowest BCUT2D eigenvalue weighted by Gasteiger charge is -2.21. The molecule has 1 fully saturated rings. The van der Waals surface area contributed by atoms with Crippen LogP contribution in [0, 0.1) is 0 Å². The number of pyridine rings is 1. The molecule has 1 atom stereocenters. The topological polar surface area (TPSA) is 93.2 Å². The standard InChI is InChI=1S/C22H24N4O3S2/c1-22(2,18-13-30-21(24-18)26-31(28)17-8-9-17)20(27)25-19-10-7-15(12-23-19)14-5-4-6-16(11-14)29-3/h4-7,10-13,17H,8-9H2,1-3H3,(H,24,26)(H,23,25,27). The van der Waals surface area contributed by atoms with Gasteiger partial charge in [0.1, 0.15) is 22.6 Å². The van der Waals surface area contributed by atoms with E-state index in [4.69, 9.17) is 4.74 Å². The van der Waals surface area contributed by atoms with Crippen LogP contribution < -0.4 is 14.8 Å². The van der Waals surface area contributed by atoms with Crippen molar-refractivity contribution < 1.29 is 13.7 Å². The van der Waals surface area contributed by atoms with E-state index >= 15 is 0 Å². The lowest BCUT2D eigenvalue weighted by molar-refractivity contribution is -0.120. The Balaban J connectivity index is 1.43. The van der Waals surface area contributed by atoms with Crippen molar-refractivity contribution in [2.75, 3.05) is 17.1 Å². The van der Waals surface area contributed by atoms with Gasteiger partial charge in [-0.3, -0.25) is 9.52 Å². The molecule has 0 saturated heterocycles. The molecule has 1 unspecified atom stereocenters. The Morgan fingerprint density at radius 3 is 2.71 bits per heavy atom. The number of nitrogens with one attached hydrogen (secondary N) is 2. The average molecular weight is 457 g/mol. The second-order valence-corrected chi connectivity index (χ2v) is 10.2. The number of nitrogens with zero attached hydrogens (tertiary/aromatic N) is 2. The van der Waals surface area contributed by atoms with Crippen molar-refractivity contribution in [1.82, 2.24) is 9.97 Å². The highest BCUT2D eigenvalue weighted by Gasteiger charge is 2.34. The van der Waals surface area contributed by atoms with Crippen LogP contribution in [-0.4, -0.2) is 32.4 Å². The summed E-state index contributed by atoms with van der Waals surface area (Å²) in [5.41, 5.74) is 1.66. The van der Waals surface area contributed by atoms with Crippen LogP contribution in [0.2, 0.25) is 0 Å². The number of ether oxygens (including phenoxy) is 1. The van der Waals surface area contributed by atoms with E-state index in [9.17, 15) is 9.00 Å². The molecular formula is C22H24N4O3S2. The Hall–Kier alpha value is -2.78. The van der Waals surface area contributed by atoms with Crippen LogP contribution in [0.4, 0.5) is 10.9 Å². The molecule has 0 bridgehead atoms. The molecule has 2 heterocycles. The van der Waals surface area contributed by atoms with Gasteiger partial charge in [-0.2, -0.15) is 0 Å². The summed E-state index contributed by atoms with van der Waals surface area (Å²) >= 11 is 1.36. The highest BCUT2D eigenvalue weighted by molar-refractivity contribution is 7.87. The molecule has 2 N–H and O–H groups in total. The Morgan fingerprint density at radius 1 is 1.23 bits per heavy atom. The van der Waals surface area contributed by atoms with Gasteiger partial charge in [0.25, 0.3) is 0 Å². The third kappa shape index (κ3) is 4.94. The summed E-state index contributed by atoms with van der Waals surface area (Å²) in [6.45, 7) is 3.62. The Morgan fingerprint density at radius 2 is 2.03 bits per heavy atom. The first-order valence-electron chi connectivity index (χ1n) is 9.92. The van der Waals surface area contributed by atoms with E-state index in [1.807, 2.05) is 49.6 Å². The quantitative estimate of drug-likeness (QED) is 0.525. The smallest absolute Gasteiger partial charge is 0.237 e. The second-order valence-electron chi connectivity index (χ2n) is 7.88. The summed E-state index contributed by atoms with van der Waals surface area (Å²) in [5.74, 6) is 1.03. The van der Waals surface area contributed by atoms with Gasteiger partial charge in [-0.25, -0.2) is 14.2 Å². The van der Waals surface area contributed by atoms with E-state index in [2.05, 4.69) is 20.0 Å². The fourth-order valence-corrected chi connectivity index (χ4v) is 5.00. The van der Waals surface area contributed by atoms with Crippen molar-refractivity contribution in [3.63, 3.8) is 0 Å². The van der Waals surface area contributed by atoms with Crippen LogP contribution in [0.15, 0.2) is 48.0 Å². The number of amides is 1. The average Bonchev–Trinajstić information content (AvgIpc) is 3.53. The maximum atomic E-state index is 12.9. The zero-order chi connectivity index (χ0) is 22.0. The van der Waals surface area contributed by atoms with Gasteiger partial charge in [0.05, 0.1) is 23.5 Å². The van der Waals surface area contributed by atoms with Gasteiger partial charge in [-0.15, -0.1) is 11.3 Å². The molecule has 9 heteroatoms. The molecule has 2 aromatic heterocycles. The number of benzene rings is 1. The fourth-order valence-electron chi connectivity index (χ4n) is 2.89. The Kier molecular flexibility index (Phi) is 6.06. The first kappa shape index (κ1) is 21.5. The summed E-state index contributed by atoms with van der Waals surface area (Å²) in [6.07, 6.45) is 3.68. The first-order valence-corrected chi connectivity index (χ1v) is 12.0. The predicted molar refractivity (Wildman–Crippen MR) is 125 cm³/mol. The van der Waals surface area contributed by atoms with Gasteiger partial charge in [0, 0.05) is 17.1 Å². The monoisotopic (exact) mass is 456 g/mol. The molecule has 1 aliphatic rings. The number of thiazole rings is 1. The zero-order valence-corrected chi connectivity index (χ0v) is 19.2. The van der Waals surface area contributed by atoms with Crippen molar-refractivity contribution in [3.8, 4) is 16.9 Å². The van der Waals surface area contributed by atoms with Crippen LogP contribution in [0.1, 0.15) is 32.4 Å². The van der Waals surface area contributed by atoms with Gasteiger partial charge in [0.2, 0.25) is 5.91 Å². The molecule has 0 spiro atoms. The minimum absolute atomic E-state index is 0.214. The van der Waals surface area contributed by atoms with Gasteiger partial charge in [-0.1, -0.05) is 12.1 Å². The van der Waals surface area contributed by atoms with E-state index < -0.39 is 16.4 Å². The maximum absolute atomic E-state index is 12.9.